The van der Waals surface area contributed by atoms with Crippen molar-refractivity contribution in [3.8, 4) is 34.4 Å². The maximum absolute atomic E-state index is 14.2. The number of carbonyl (C=O) groups excluding carboxylic acids is 3. The highest BCUT2D eigenvalue weighted by Gasteiger charge is 2.38. The van der Waals surface area contributed by atoms with E-state index in [1.54, 1.807) is 11.1 Å². The molecule has 3 fully saturated rings. The molecule has 4 amide bonds. The molecule has 0 aliphatic carbocycles. The number of β-amino-alcohol motifs (C(OH)–C–C–N with tert-alkyl or cyclic N) is 1. The van der Waals surface area contributed by atoms with Gasteiger partial charge in [0.2, 0.25) is 11.8 Å². The molecule has 9 rings (SSSR count). The standard InChI is InChI=1S/C49H49N9O4/c50-43(36-9-3-1-4-10-36)47(60)57-26-7-13-41(57)45-51-29-39(53-45)34-21-17-32(18-22-34)15-16-33-19-23-35(24-20-33)40-30-52-46(54-40)42-14-8-27-58(42)48(61)44(37-11-5-2-6-12-37)55-49(62)56-28-25-38(59)31-56/h1-6,9-12,17-24,29-30,38,41-44,59H,7-8,13-14,25-28,31,50H2,(H,51,53)(H,52,54)(H,55,62)/t38-,41-,42-,43+,44+/m0/s1. The van der Waals surface area contributed by atoms with Crippen molar-refractivity contribution >= 4 is 17.8 Å². The van der Waals surface area contributed by atoms with Crippen molar-refractivity contribution in [3.05, 3.63) is 155 Å². The predicted octanol–water partition coefficient (Wildman–Crippen LogP) is 6.41. The fraction of sp³-hybridized carbons (Fsp3) is 0.286. The van der Waals surface area contributed by atoms with Crippen LogP contribution in [0.4, 0.5) is 4.79 Å². The summed E-state index contributed by atoms with van der Waals surface area (Å²) in [6, 6.07) is 32.4. The zero-order valence-electron chi connectivity index (χ0n) is 34.3. The highest BCUT2D eigenvalue weighted by Crippen LogP contribution is 2.35. The van der Waals surface area contributed by atoms with Crippen molar-refractivity contribution in [2.75, 3.05) is 26.2 Å². The van der Waals surface area contributed by atoms with Crippen LogP contribution in [0, 0.1) is 11.8 Å². The van der Waals surface area contributed by atoms with Crippen molar-refractivity contribution in [2.24, 2.45) is 5.73 Å². The molecule has 0 radical (unpaired) electrons. The lowest BCUT2D eigenvalue weighted by molar-refractivity contribution is -0.135. The van der Waals surface area contributed by atoms with E-state index in [9.17, 15) is 19.5 Å². The molecule has 0 bridgehead atoms. The Bertz CT molecular complexity index is 2580. The number of hydrogen-bond acceptors (Lipinski definition) is 7. The number of aromatic nitrogens is 4. The van der Waals surface area contributed by atoms with Gasteiger partial charge in [0.25, 0.3) is 0 Å². The number of aliphatic hydroxyl groups excluding tert-OH is 1. The number of aliphatic hydroxyl groups is 1. The Kier molecular flexibility index (Phi) is 11.7. The topological polar surface area (TPSA) is 177 Å². The second-order valence-electron chi connectivity index (χ2n) is 16.2. The van der Waals surface area contributed by atoms with Crippen LogP contribution in [0.25, 0.3) is 22.5 Å². The molecular formula is C49H49N9O4. The van der Waals surface area contributed by atoms with Gasteiger partial charge in [0.05, 0.1) is 42.0 Å². The van der Waals surface area contributed by atoms with E-state index in [4.69, 9.17) is 10.7 Å². The molecule has 3 saturated heterocycles. The number of rotatable bonds is 9. The van der Waals surface area contributed by atoms with Crippen molar-refractivity contribution in [1.29, 1.82) is 0 Å². The number of H-pyrrole nitrogens is 2. The number of urea groups is 1. The molecule has 13 nitrogen and oxygen atoms in total. The molecule has 0 unspecified atom stereocenters. The Hall–Kier alpha value is -7.01. The van der Waals surface area contributed by atoms with Gasteiger partial charge in [-0.25, -0.2) is 14.8 Å². The first-order valence-corrected chi connectivity index (χ1v) is 21.3. The Morgan fingerprint density at radius 3 is 1.66 bits per heavy atom. The number of hydrogen-bond donors (Lipinski definition) is 5. The second kappa shape index (κ2) is 17.9. The average Bonchev–Trinajstić information content (AvgIpc) is 4.18. The maximum atomic E-state index is 14.2. The molecule has 3 aliphatic rings. The van der Waals surface area contributed by atoms with Gasteiger partial charge in [-0.15, -0.1) is 0 Å². The summed E-state index contributed by atoms with van der Waals surface area (Å²) in [6.45, 7) is 1.89. The molecular weight excluding hydrogens is 779 g/mol. The molecule has 5 heterocycles. The van der Waals surface area contributed by atoms with Crippen LogP contribution in [0.3, 0.4) is 0 Å². The molecule has 6 aromatic rings. The molecule has 4 aromatic carbocycles. The smallest absolute Gasteiger partial charge is 0.318 e. The monoisotopic (exact) mass is 827 g/mol. The summed E-state index contributed by atoms with van der Waals surface area (Å²) in [5, 5.41) is 12.9. The molecule has 62 heavy (non-hydrogen) atoms. The van der Waals surface area contributed by atoms with Crippen molar-refractivity contribution in [3.63, 3.8) is 0 Å². The van der Waals surface area contributed by atoms with E-state index >= 15 is 0 Å². The number of carbonyl (C=O) groups is 3. The summed E-state index contributed by atoms with van der Waals surface area (Å²) in [6.07, 6.45) is 6.86. The van der Waals surface area contributed by atoms with Crippen molar-refractivity contribution in [1.82, 2.24) is 40.0 Å². The number of benzene rings is 4. The number of aromatic amines is 2. The molecule has 2 aromatic heterocycles. The van der Waals surface area contributed by atoms with Gasteiger partial charge < -0.3 is 40.8 Å². The normalized spacial score (nSPS) is 19.5. The minimum atomic E-state index is -0.869. The average molecular weight is 828 g/mol. The molecule has 6 N–H and O–H groups in total. The van der Waals surface area contributed by atoms with E-state index in [-0.39, 0.29) is 36.5 Å². The van der Waals surface area contributed by atoms with Crippen molar-refractivity contribution < 1.29 is 19.5 Å². The van der Waals surface area contributed by atoms with E-state index < -0.39 is 18.2 Å². The van der Waals surface area contributed by atoms with Gasteiger partial charge in [0, 0.05) is 37.3 Å². The van der Waals surface area contributed by atoms with Crippen LogP contribution in [0.2, 0.25) is 0 Å². The summed E-state index contributed by atoms with van der Waals surface area (Å²) in [4.78, 5) is 62.3. The van der Waals surface area contributed by atoms with Gasteiger partial charge in [0.1, 0.15) is 23.7 Å². The number of nitrogens with two attached hydrogens (primary N) is 1. The van der Waals surface area contributed by atoms with Crippen LogP contribution in [0.15, 0.2) is 122 Å². The Balaban J connectivity index is 0.828. The molecule has 3 aliphatic heterocycles. The largest absolute Gasteiger partial charge is 0.391 e. The summed E-state index contributed by atoms with van der Waals surface area (Å²) in [7, 11) is 0. The van der Waals surface area contributed by atoms with Crippen LogP contribution in [0.1, 0.15) is 90.2 Å². The highest BCUT2D eigenvalue weighted by atomic mass is 16.3. The van der Waals surface area contributed by atoms with Crippen LogP contribution >= 0.6 is 0 Å². The second-order valence-corrected chi connectivity index (χ2v) is 16.2. The molecule has 13 heteroatoms. The minimum absolute atomic E-state index is 0.0927. The molecule has 0 saturated carbocycles. The van der Waals surface area contributed by atoms with E-state index in [0.29, 0.717) is 37.4 Å². The minimum Gasteiger partial charge on any atom is -0.391 e. The lowest BCUT2D eigenvalue weighted by atomic mass is 10.0. The number of nitrogens with zero attached hydrogens (tertiary/aromatic N) is 5. The fourth-order valence-corrected chi connectivity index (χ4v) is 8.77. The lowest BCUT2D eigenvalue weighted by Crippen LogP contribution is -2.47. The zero-order chi connectivity index (χ0) is 42.6. The van der Waals surface area contributed by atoms with Gasteiger partial charge in [-0.3, -0.25) is 9.59 Å². The molecule has 0 spiro atoms. The summed E-state index contributed by atoms with van der Waals surface area (Å²) in [5.74, 6) is 7.71. The number of nitrogens with one attached hydrogen (secondary N) is 3. The number of likely N-dealkylation sites (tertiary alicyclic amines) is 3. The maximum Gasteiger partial charge on any atom is 0.318 e. The fourth-order valence-electron chi connectivity index (χ4n) is 8.77. The van der Waals surface area contributed by atoms with Gasteiger partial charge >= 0.3 is 6.03 Å². The zero-order valence-corrected chi connectivity index (χ0v) is 34.3. The van der Waals surface area contributed by atoms with Gasteiger partial charge in [0.15, 0.2) is 0 Å². The first kappa shape index (κ1) is 40.4. The van der Waals surface area contributed by atoms with Gasteiger partial charge in [-0.05, 0) is 78.6 Å². The Morgan fingerprint density at radius 2 is 1.16 bits per heavy atom. The Labute approximate surface area is 360 Å². The number of imidazole rings is 2. The molecule has 5 atom stereocenters. The van der Waals surface area contributed by atoms with Crippen LogP contribution in [0.5, 0.6) is 0 Å². The highest BCUT2D eigenvalue weighted by molar-refractivity contribution is 5.89. The SMILES string of the molecule is N[C@@H](C(=O)N1CCC[C@H]1c1ncc(-c2ccc(C#Cc3ccc(-c4cnc([C@@H]5CCCN5C(=O)[C@H](NC(=O)N5CC[C@H](O)C5)c5ccccc5)[nH]4)cc3)cc2)[nH]1)c1ccccc1. The van der Waals surface area contributed by atoms with Gasteiger partial charge in [-0.1, -0.05) is 96.8 Å². The first-order valence-electron chi connectivity index (χ1n) is 21.3. The third-order valence-corrected chi connectivity index (χ3v) is 12.2. The van der Waals surface area contributed by atoms with E-state index in [1.165, 1.54) is 0 Å². The molecule has 314 valence electrons. The summed E-state index contributed by atoms with van der Waals surface area (Å²) < 4.78 is 0. The van der Waals surface area contributed by atoms with E-state index in [1.807, 2.05) is 125 Å². The third kappa shape index (κ3) is 8.61. The summed E-state index contributed by atoms with van der Waals surface area (Å²) in [5.41, 5.74) is 13.2. The van der Waals surface area contributed by atoms with Crippen molar-refractivity contribution in [2.45, 2.75) is 62.4 Å². The lowest BCUT2D eigenvalue weighted by Gasteiger charge is -2.30. The third-order valence-electron chi connectivity index (χ3n) is 12.2. The van der Waals surface area contributed by atoms with Crippen LogP contribution < -0.4 is 11.1 Å². The number of amides is 4. The van der Waals surface area contributed by atoms with Crippen LogP contribution in [-0.2, 0) is 9.59 Å². The summed E-state index contributed by atoms with van der Waals surface area (Å²) >= 11 is 0. The predicted molar refractivity (Wildman–Crippen MR) is 235 cm³/mol. The van der Waals surface area contributed by atoms with E-state index in [0.717, 1.165) is 70.7 Å². The van der Waals surface area contributed by atoms with Gasteiger partial charge in [-0.2, -0.15) is 0 Å². The Morgan fingerprint density at radius 1 is 0.661 bits per heavy atom. The van der Waals surface area contributed by atoms with Crippen LogP contribution in [-0.4, -0.2) is 89.9 Å². The first-order chi connectivity index (χ1) is 30.3. The quantitative estimate of drug-likeness (QED) is 0.105. The van der Waals surface area contributed by atoms with E-state index in [2.05, 4.69) is 32.1 Å².